The van der Waals surface area contributed by atoms with Crippen molar-refractivity contribution in [2.75, 3.05) is 25.1 Å². The summed E-state index contributed by atoms with van der Waals surface area (Å²) in [5.74, 6) is 1.38. The molecule has 0 aliphatic carbocycles. The van der Waals surface area contributed by atoms with Crippen LogP contribution in [-0.2, 0) is 17.8 Å². The van der Waals surface area contributed by atoms with Gasteiger partial charge in [0, 0.05) is 44.5 Å². The number of anilines is 1. The van der Waals surface area contributed by atoms with Gasteiger partial charge in [-0.05, 0) is 24.6 Å². The molecule has 7 nitrogen and oxygen atoms in total. The molecule has 1 N–H and O–H groups in total. The summed E-state index contributed by atoms with van der Waals surface area (Å²) < 4.78 is 7.47. The average molecular weight is 342 g/mol. The van der Waals surface area contributed by atoms with Crippen LogP contribution in [0.1, 0.15) is 29.5 Å². The van der Waals surface area contributed by atoms with Crippen molar-refractivity contribution in [1.82, 2.24) is 14.9 Å². The van der Waals surface area contributed by atoms with Crippen LogP contribution < -0.4 is 15.0 Å². The van der Waals surface area contributed by atoms with Gasteiger partial charge in [-0.1, -0.05) is 6.92 Å². The second-order valence-corrected chi connectivity index (χ2v) is 5.92. The number of carbonyl (C=O) groups excluding carboxylic acids is 2. The van der Waals surface area contributed by atoms with Crippen molar-refractivity contribution in [1.29, 1.82) is 0 Å². The van der Waals surface area contributed by atoms with Crippen molar-refractivity contribution in [3.8, 4) is 5.75 Å². The fraction of sp³-hybridized carbons (Fsp3) is 0.389. The van der Waals surface area contributed by atoms with E-state index in [0.717, 1.165) is 25.2 Å². The summed E-state index contributed by atoms with van der Waals surface area (Å²) in [7, 11) is 1.68. The smallest absolute Gasteiger partial charge is 0.264 e. The Bertz CT molecular complexity index is 784. The topological polar surface area (TPSA) is 76.5 Å². The molecule has 132 valence electrons. The fourth-order valence-electron chi connectivity index (χ4n) is 2.82. The lowest BCUT2D eigenvalue weighted by Gasteiger charge is -2.26. The molecule has 2 aromatic rings. The van der Waals surface area contributed by atoms with Crippen LogP contribution in [-0.4, -0.2) is 41.6 Å². The zero-order valence-corrected chi connectivity index (χ0v) is 14.5. The van der Waals surface area contributed by atoms with Crippen LogP contribution in [0.3, 0.4) is 0 Å². The molecule has 0 saturated heterocycles. The minimum atomic E-state index is -0.157. The highest BCUT2D eigenvalue weighted by Crippen LogP contribution is 2.31. The van der Waals surface area contributed by atoms with Gasteiger partial charge >= 0.3 is 0 Å². The van der Waals surface area contributed by atoms with E-state index in [-0.39, 0.29) is 18.4 Å². The first-order chi connectivity index (χ1) is 12.1. The molecule has 0 fully saturated rings. The van der Waals surface area contributed by atoms with Crippen molar-refractivity contribution in [3.63, 3.8) is 0 Å². The van der Waals surface area contributed by atoms with Gasteiger partial charge in [-0.2, -0.15) is 0 Å². The minimum Gasteiger partial charge on any atom is -0.482 e. The van der Waals surface area contributed by atoms with E-state index < -0.39 is 0 Å². The molecule has 7 heteroatoms. The average Bonchev–Trinajstić information content (AvgIpc) is 3.09. The van der Waals surface area contributed by atoms with Crippen molar-refractivity contribution >= 4 is 17.5 Å². The van der Waals surface area contributed by atoms with Gasteiger partial charge in [0.1, 0.15) is 11.6 Å². The first-order valence-corrected chi connectivity index (χ1v) is 8.41. The molecule has 25 heavy (non-hydrogen) atoms. The summed E-state index contributed by atoms with van der Waals surface area (Å²) in [6, 6.07) is 5.13. The second-order valence-electron chi connectivity index (χ2n) is 5.92. The molecule has 2 heterocycles. The third-order valence-electron chi connectivity index (χ3n) is 4.29. The molecule has 0 unspecified atom stereocenters. The number of fused-ring (bicyclic) bond motifs is 1. The van der Waals surface area contributed by atoms with Gasteiger partial charge in [0.15, 0.2) is 6.61 Å². The predicted octanol–water partition coefficient (Wildman–Crippen LogP) is 1.62. The zero-order valence-electron chi connectivity index (χ0n) is 14.5. The number of aromatic nitrogens is 2. The normalized spacial score (nSPS) is 13.4. The number of hydrogen-bond acceptors (Lipinski definition) is 4. The van der Waals surface area contributed by atoms with Crippen LogP contribution in [0.25, 0.3) is 0 Å². The predicted molar refractivity (Wildman–Crippen MR) is 93.9 cm³/mol. The van der Waals surface area contributed by atoms with Crippen LogP contribution in [0.2, 0.25) is 0 Å². The number of aryl methyl sites for hydroxylation is 2. The molecule has 0 spiro atoms. The van der Waals surface area contributed by atoms with E-state index in [0.29, 0.717) is 23.5 Å². The number of nitrogens with zero attached hydrogens (tertiary/aromatic N) is 3. The molecule has 1 aliphatic heterocycles. The highest BCUT2D eigenvalue weighted by molar-refractivity contribution is 6.00. The van der Waals surface area contributed by atoms with Crippen LogP contribution in [0.5, 0.6) is 5.75 Å². The number of amides is 2. The second kappa shape index (κ2) is 7.38. The van der Waals surface area contributed by atoms with Crippen molar-refractivity contribution in [3.05, 3.63) is 42.0 Å². The fourth-order valence-corrected chi connectivity index (χ4v) is 2.82. The van der Waals surface area contributed by atoms with Crippen molar-refractivity contribution in [2.45, 2.75) is 26.3 Å². The third-order valence-corrected chi connectivity index (χ3v) is 4.29. The van der Waals surface area contributed by atoms with Gasteiger partial charge in [0.25, 0.3) is 11.8 Å². The monoisotopic (exact) mass is 342 g/mol. The number of hydrogen-bond donors (Lipinski definition) is 1. The molecule has 1 aromatic carbocycles. The Morgan fingerprint density at radius 1 is 1.40 bits per heavy atom. The molecule has 0 radical (unpaired) electrons. The lowest BCUT2D eigenvalue weighted by atomic mass is 10.1. The Morgan fingerprint density at radius 2 is 2.24 bits per heavy atom. The SMILES string of the molecule is CCc1nccn1CCCNC(=O)c1ccc2c(c1)N(C)C(=O)CO2. The molecule has 3 rings (SSSR count). The van der Waals surface area contributed by atoms with E-state index in [1.165, 1.54) is 4.90 Å². The summed E-state index contributed by atoms with van der Waals surface area (Å²) in [5, 5.41) is 2.91. The quantitative estimate of drug-likeness (QED) is 0.810. The molecule has 0 bridgehead atoms. The summed E-state index contributed by atoms with van der Waals surface area (Å²) in [6.45, 7) is 3.49. The Kier molecular flexibility index (Phi) is 5.02. The molecule has 2 amide bonds. The van der Waals surface area contributed by atoms with E-state index in [2.05, 4.69) is 21.8 Å². The molecule has 1 aromatic heterocycles. The first-order valence-electron chi connectivity index (χ1n) is 8.41. The van der Waals surface area contributed by atoms with E-state index in [9.17, 15) is 9.59 Å². The summed E-state index contributed by atoms with van der Waals surface area (Å²) in [6.07, 6.45) is 5.46. The minimum absolute atomic E-state index is 0.0308. The van der Waals surface area contributed by atoms with E-state index in [1.807, 2.05) is 6.20 Å². The van der Waals surface area contributed by atoms with Gasteiger partial charge in [-0.15, -0.1) is 0 Å². The highest BCUT2D eigenvalue weighted by Gasteiger charge is 2.23. The Labute approximate surface area is 146 Å². The standard InChI is InChI=1S/C18H22N4O3/c1-3-16-19-8-10-22(16)9-4-7-20-18(24)13-5-6-15-14(11-13)21(2)17(23)12-25-15/h5-6,8,10-11H,3-4,7,9,12H2,1-2H3,(H,20,24). The lowest BCUT2D eigenvalue weighted by molar-refractivity contribution is -0.120. The van der Waals surface area contributed by atoms with Gasteiger partial charge in [0.2, 0.25) is 0 Å². The van der Waals surface area contributed by atoms with Crippen LogP contribution >= 0.6 is 0 Å². The summed E-state index contributed by atoms with van der Waals surface area (Å²) in [5.41, 5.74) is 1.13. The number of benzene rings is 1. The molecular formula is C18H22N4O3. The lowest BCUT2D eigenvalue weighted by Crippen LogP contribution is -2.35. The van der Waals surface area contributed by atoms with Gasteiger partial charge in [-0.25, -0.2) is 4.98 Å². The molecule has 1 aliphatic rings. The number of nitrogens with one attached hydrogen (secondary N) is 1. The Balaban J connectivity index is 1.56. The summed E-state index contributed by atoms with van der Waals surface area (Å²) >= 11 is 0. The number of ether oxygens (including phenoxy) is 1. The molecular weight excluding hydrogens is 320 g/mol. The van der Waals surface area contributed by atoms with Crippen molar-refractivity contribution < 1.29 is 14.3 Å². The zero-order chi connectivity index (χ0) is 17.8. The van der Waals surface area contributed by atoms with E-state index in [4.69, 9.17) is 4.74 Å². The van der Waals surface area contributed by atoms with Crippen LogP contribution in [0.15, 0.2) is 30.6 Å². The molecule has 0 saturated carbocycles. The van der Waals surface area contributed by atoms with E-state index in [1.54, 1.807) is 31.4 Å². The first kappa shape index (κ1) is 17.0. The van der Waals surface area contributed by atoms with Gasteiger partial charge in [0.05, 0.1) is 5.69 Å². The summed E-state index contributed by atoms with van der Waals surface area (Å²) in [4.78, 5) is 29.8. The maximum absolute atomic E-state index is 12.3. The van der Waals surface area contributed by atoms with Crippen LogP contribution in [0, 0.1) is 0 Å². The Morgan fingerprint density at radius 3 is 3.04 bits per heavy atom. The van der Waals surface area contributed by atoms with Crippen molar-refractivity contribution in [2.24, 2.45) is 0 Å². The van der Waals surface area contributed by atoms with Gasteiger partial charge < -0.3 is 19.5 Å². The number of likely N-dealkylation sites (N-methyl/N-ethyl adjacent to an activating group) is 1. The number of rotatable bonds is 6. The maximum atomic E-state index is 12.3. The Hall–Kier alpha value is -2.83. The third kappa shape index (κ3) is 3.65. The number of carbonyl (C=O) groups is 2. The van der Waals surface area contributed by atoms with Gasteiger partial charge in [-0.3, -0.25) is 9.59 Å². The van der Waals surface area contributed by atoms with Crippen LogP contribution in [0.4, 0.5) is 5.69 Å². The maximum Gasteiger partial charge on any atom is 0.264 e. The number of imidazole rings is 1. The van der Waals surface area contributed by atoms with E-state index >= 15 is 0 Å². The largest absolute Gasteiger partial charge is 0.482 e. The highest BCUT2D eigenvalue weighted by atomic mass is 16.5. The molecule has 0 atom stereocenters.